The largest absolute Gasteiger partial charge is 0.370 e. The number of guanidine groups is 1. The Balaban J connectivity index is 0.00000288. The van der Waals surface area contributed by atoms with Crippen LogP contribution in [0.3, 0.4) is 0 Å². The molecule has 0 aliphatic carbocycles. The van der Waals surface area contributed by atoms with Gasteiger partial charge >= 0.3 is 0 Å². The van der Waals surface area contributed by atoms with E-state index < -0.39 is 0 Å². The summed E-state index contributed by atoms with van der Waals surface area (Å²) in [6, 6.07) is 8.78. The number of aliphatic imine (C=N–C) groups is 1. The molecule has 0 radical (unpaired) electrons. The molecule has 0 aromatic heterocycles. The molecule has 2 rings (SSSR count). The van der Waals surface area contributed by atoms with Crippen molar-refractivity contribution >= 4 is 29.9 Å². The SMILES string of the molecule is CCCCCCNC(N)=NCCCN1CCc2ccccc2C1.I. The second-order valence-electron chi connectivity index (χ2n) is 6.40. The fraction of sp³-hybridized carbons (Fsp3) is 0.632. The Morgan fingerprint density at radius 2 is 1.96 bits per heavy atom. The van der Waals surface area contributed by atoms with E-state index in [2.05, 4.69) is 46.4 Å². The molecule has 1 aromatic carbocycles. The molecule has 3 N–H and O–H groups in total. The molecule has 0 saturated carbocycles. The minimum Gasteiger partial charge on any atom is -0.370 e. The molecule has 0 spiro atoms. The molecule has 4 nitrogen and oxygen atoms in total. The Labute approximate surface area is 164 Å². The lowest BCUT2D eigenvalue weighted by atomic mass is 10.00. The van der Waals surface area contributed by atoms with E-state index in [0.29, 0.717) is 5.96 Å². The summed E-state index contributed by atoms with van der Waals surface area (Å²) in [5.41, 5.74) is 8.89. The maximum atomic E-state index is 5.90. The molecule has 1 aliphatic rings. The van der Waals surface area contributed by atoms with Gasteiger partial charge in [0.1, 0.15) is 0 Å². The van der Waals surface area contributed by atoms with E-state index in [-0.39, 0.29) is 24.0 Å². The van der Waals surface area contributed by atoms with E-state index >= 15 is 0 Å². The third kappa shape index (κ3) is 7.83. The van der Waals surface area contributed by atoms with Crippen LogP contribution in [0.25, 0.3) is 0 Å². The normalized spacial score (nSPS) is 14.8. The summed E-state index contributed by atoms with van der Waals surface area (Å²) in [6.07, 6.45) is 7.26. The van der Waals surface area contributed by atoms with Gasteiger partial charge in [0.05, 0.1) is 0 Å². The number of hydrogen-bond acceptors (Lipinski definition) is 2. The highest BCUT2D eigenvalue weighted by atomic mass is 127. The second-order valence-corrected chi connectivity index (χ2v) is 6.40. The van der Waals surface area contributed by atoms with Gasteiger partial charge in [-0.05, 0) is 30.4 Å². The highest BCUT2D eigenvalue weighted by Crippen LogP contribution is 2.18. The van der Waals surface area contributed by atoms with Crippen LogP contribution in [-0.2, 0) is 13.0 Å². The molecule has 0 unspecified atom stereocenters. The zero-order valence-electron chi connectivity index (χ0n) is 15.0. The van der Waals surface area contributed by atoms with Crippen molar-refractivity contribution in [3.05, 3.63) is 35.4 Å². The number of nitrogens with two attached hydrogens (primary N) is 1. The predicted octanol–water partition coefficient (Wildman–Crippen LogP) is 3.54. The smallest absolute Gasteiger partial charge is 0.188 e. The first-order valence-corrected chi connectivity index (χ1v) is 9.12. The summed E-state index contributed by atoms with van der Waals surface area (Å²) in [6.45, 7) is 7.31. The number of hydrogen-bond donors (Lipinski definition) is 2. The Kier molecular flexibility index (Phi) is 11.1. The molecule has 0 bridgehead atoms. The van der Waals surface area contributed by atoms with Crippen molar-refractivity contribution in [2.45, 2.75) is 52.0 Å². The van der Waals surface area contributed by atoms with Gasteiger partial charge in [-0.3, -0.25) is 9.89 Å². The third-order valence-electron chi connectivity index (χ3n) is 4.46. The quantitative estimate of drug-likeness (QED) is 0.265. The average Bonchev–Trinajstić information content (AvgIpc) is 2.58. The Hall–Kier alpha value is -0.820. The molecule has 136 valence electrons. The lowest BCUT2D eigenvalue weighted by Gasteiger charge is -2.28. The van der Waals surface area contributed by atoms with Crippen molar-refractivity contribution in [1.82, 2.24) is 10.2 Å². The molecular formula is C19H33IN4. The maximum absolute atomic E-state index is 5.90. The second kappa shape index (κ2) is 12.5. The zero-order chi connectivity index (χ0) is 16.3. The fourth-order valence-corrected chi connectivity index (χ4v) is 3.06. The van der Waals surface area contributed by atoms with E-state index in [0.717, 1.165) is 39.1 Å². The molecule has 1 aromatic rings. The summed E-state index contributed by atoms with van der Waals surface area (Å²) in [7, 11) is 0. The van der Waals surface area contributed by atoms with Gasteiger partial charge in [-0.25, -0.2) is 0 Å². The summed E-state index contributed by atoms with van der Waals surface area (Å²) in [5.74, 6) is 0.602. The number of nitrogens with zero attached hydrogens (tertiary/aromatic N) is 2. The van der Waals surface area contributed by atoms with Crippen molar-refractivity contribution in [2.75, 3.05) is 26.2 Å². The Morgan fingerprint density at radius 1 is 1.17 bits per heavy atom. The lowest BCUT2D eigenvalue weighted by molar-refractivity contribution is 0.252. The summed E-state index contributed by atoms with van der Waals surface area (Å²) >= 11 is 0. The van der Waals surface area contributed by atoms with Crippen LogP contribution in [0.15, 0.2) is 29.3 Å². The van der Waals surface area contributed by atoms with Crippen LogP contribution < -0.4 is 11.1 Å². The molecule has 0 saturated heterocycles. The molecule has 0 fully saturated rings. The minimum absolute atomic E-state index is 0. The molecule has 0 amide bonds. The topological polar surface area (TPSA) is 53.6 Å². The van der Waals surface area contributed by atoms with E-state index in [9.17, 15) is 0 Å². The first-order chi connectivity index (χ1) is 11.3. The predicted molar refractivity (Wildman–Crippen MR) is 114 cm³/mol. The number of fused-ring (bicyclic) bond motifs is 1. The van der Waals surface area contributed by atoms with E-state index in [1.165, 1.54) is 43.2 Å². The van der Waals surface area contributed by atoms with Gasteiger partial charge < -0.3 is 11.1 Å². The number of benzene rings is 1. The molecule has 1 aliphatic heterocycles. The summed E-state index contributed by atoms with van der Waals surface area (Å²) < 4.78 is 0. The molecule has 5 heteroatoms. The van der Waals surface area contributed by atoms with Crippen LogP contribution in [0, 0.1) is 0 Å². The number of halogens is 1. The van der Waals surface area contributed by atoms with Crippen LogP contribution in [0.2, 0.25) is 0 Å². The summed E-state index contributed by atoms with van der Waals surface area (Å²) in [4.78, 5) is 6.95. The molecule has 0 atom stereocenters. The first-order valence-electron chi connectivity index (χ1n) is 9.12. The molecule has 24 heavy (non-hydrogen) atoms. The lowest BCUT2D eigenvalue weighted by Crippen LogP contribution is -2.33. The van der Waals surface area contributed by atoms with E-state index in [4.69, 9.17) is 5.73 Å². The van der Waals surface area contributed by atoms with Gasteiger partial charge in [0, 0.05) is 32.7 Å². The van der Waals surface area contributed by atoms with Gasteiger partial charge in [0.15, 0.2) is 5.96 Å². The van der Waals surface area contributed by atoms with Crippen LogP contribution in [0.1, 0.15) is 50.2 Å². The van der Waals surface area contributed by atoms with Crippen LogP contribution in [-0.4, -0.2) is 37.0 Å². The third-order valence-corrected chi connectivity index (χ3v) is 4.46. The van der Waals surface area contributed by atoms with Gasteiger partial charge in [-0.15, -0.1) is 24.0 Å². The maximum Gasteiger partial charge on any atom is 0.188 e. The first kappa shape index (κ1) is 21.2. The van der Waals surface area contributed by atoms with Crippen molar-refractivity contribution in [3.8, 4) is 0 Å². The fourth-order valence-electron chi connectivity index (χ4n) is 3.06. The Morgan fingerprint density at radius 3 is 2.75 bits per heavy atom. The number of unbranched alkanes of at least 4 members (excludes halogenated alkanes) is 3. The van der Waals surface area contributed by atoms with E-state index in [1.54, 1.807) is 0 Å². The van der Waals surface area contributed by atoms with Crippen molar-refractivity contribution in [3.63, 3.8) is 0 Å². The van der Waals surface area contributed by atoms with Crippen LogP contribution in [0.5, 0.6) is 0 Å². The number of rotatable bonds is 9. The highest BCUT2D eigenvalue weighted by Gasteiger charge is 2.14. The van der Waals surface area contributed by atoms with E-state index in [1.807, 2.05) is 0 Å². The van der Waals surface area contributed by atoms with Crippen molar-refractivity contribution < 1.29 is 0 Å². The monoisotopic (exact) mass is 444 g/mol. The number of nitrogens with one attached hydrogen (secondary N) is 1. The van der Waals surface area contributed by atoms with Gasteiger partial charge in [-0.2, -0.15) is 0 Å². The van der Waals surface area contributed by atoms with Crippen LogP contribution >= 0.6 is 24.0 Å². The average molecular weight is 444 g/mol. The van der Waals surface area contributed by atoms with Crippen LogP contribution in [0.4, 0.5) is 0 Å². The van der Waals surface area contributed by atoms with Gasteiger partial charge in [-0.1, -0.05) is 50.5 Å². The van der Waals surface area contributed by atoms with Crippen molar-refractivity contribution in [2.24, 2.45) is 10.7 Å². The van der Waals surface area contributed by atoms with Crippen molar-refractivity contribution in [1.29, 1.82) is 0 Å². The van der Waals surface area contributed by atoms with Gasteiger partial charge in [0.2, 0.25) is 0 Å². The minimum atomic E-state index is 0. The standard InChI is InChI=1S/C19H32N4.HI/c1-2-3-4-7-12-21-19(20)22-13-8-14-23-15-11-17-9-5-6-10-18(17)16-23;/h5-6,9-10H,2-4,7-8,11-16H2,1H3,(H3,20,21,22);1H. The zero-order valence-corrected chi connectivity index (χ0v) is 17.3. The highest BCUT2D eigenvalue weighted by molar-refractivity contribution is 14.0. The van der Waals surface area contributed by atoms with Gasteiger partial charge in [0.25, 0.3) is 0 Å². The molecule has 1 heterocycles. The Bertz CT molecular complexity index is 490. The summed E-state index contributed by atoms with van der Waals surface area (Å²) in [5, 5.41) is 3.21. The molecular weight excluding hydrogens is 411 g/mol.